The van der Waals surface area contributed by atoms with Gasteiger partial charge in [-0.15, -0.1) is 0 Å². The molecule has 0 heterocycles. The molecule has 0 aliphatic heterocycles. The van der Waals surface area contributed by atoms with E-state index in [-0.39, 0.29) is 12.3 Å². The summed E-state index contributed by atoms with van der Waals surface area (Å²) in [5.74, 6) is -0.363. The van der Waals surface area contributed by atoms with E-state index < -0.39 is 24.9 Å². The smallest absolute Gasteiger partial charge is 0.217 e. The van der Waals surface area contributed by atoms with Crippen LogP contribution in [-0.2, 0) is 4.79 Å². The van der Waals surface area contributed by atoms with Gasteiger partial charge in [0.05, 0.1) is 24.9 Å². The van der Waals surface area contributed by atoms with Gasteiger partial charge in [0.1, 0.15) is 0 Å². The summed E-state index contributed by atoms with van der Waals surface area (Å²) in [7, 11) is 0. The zero-order valence-electron chi connectivity index (χ0n) is 10.3. The number of rotatable bonds is 6. The summed E-state index contributed by atoms with van der Waals surface area (Å²) in [5, 5.41) is 31.2. The van der Waals surface area contributed by atoms with Gasteiger partial charge >= 0.3 is 0 Å². The lowest BCUT2D eigenvalue weighted by Crippen LogP contribution is -2.54. The van der Waals surface area contributed by atoms with Crippen LogP contribution < -0.4 is 5.32 Å². The highest BCUT2D eigenvalue weighted by molar-refractivity contribution is 5.73. The first-order chi connectivity index (χ1) is 8.53. The molecule has 0 saturated heterocycles. The molecule has 100 valence electrons. The summed E-state index contributed by atoms with van der Waals surface area (Å²) in [4.78, 5) is 11.1. The summed E-state index contributed by atoms with van der Waals surface area (Å²) in [5.41, 5.74) is -0.532. The van der Waals surface area contributed by atoms with Crippen molar-refractivity contribution in [1.29, 1.82) is 0 Å². The lowest BCUT2D eigenvalue weighted by atomic mass is 9.90. The Morgan fingerprint density at radius 2 is 1.83 bits per heavy atom. The second-order valence-corrected chi connectivity index (χ2v) is 4.41. The Kier molecular flexibility index (Phi) is 5.27. The molecule has 0 aliphatic rings. The van der Waals surface area contributed by atoms with E-state index in [1.807, 2.05) is 6.07 Å². The SMILES string of the molecule is CC(=O)NC(CO)(CO)CC(O)c1ccccc1. The Balaban J connectivity index is 2.80. The monoisotopic (exact) mass is 253 g/mol. The molecular weight excluding hydrogens is 234 g/mol. The molecule has 1 unspecified atom stereocenters. The molecule has 0 fully saturated rings. The topological polar surface area (TPSA) is 89.8 Å². The highest BCUT2D eigenvalue weighted by Crippen LogP contribution is 2.23. The van der Waals surface area contributed by atoms with Crippen LogP contribution in [0.5, 0.6) is 0 Å². The predicted molar refractivity (Wildman–Crippen MR) is 66.7 cm³/mol. The fourth-order valence-electron chi connectivity index (χ4n) is 1.85. The highest BCUT2D eigenvalue weighted by Gasteiger charge is 2.32. The molecular formula is C13H19NO4. The molecule has 18 heavy (non-hydrogen) atoms. The molecule has 0 radical (unpaired) electrons. The largest absolute Gasteiger partial charge is 0.394 e. The van der Waals surface area contributed by atoms with Crippen LogP contribution in [0.4, 0.5) is 0 Å². The number of carbonyl (C=O) groups is 1. The van der Waals surface area contributed by atoms with E-state index in [4.69, 9.17) is 0 Å². The van der Waals surface area contributed by atoms with Gasteiger partial charge in [-0.05, 0) is 5.56 Å². The van der Waals surface area contributed by atoms with Gasteiger partial charge in [-0.3, -0.25) is 4.79 Å². The molecule has 0 aliphatic carbocycles. The molecule has 1 atom stereocenters. The molecule has 5 heteroatoms. The molecule has 1 amide bonds. The van der Waals surface area contributed by atoms with Crippen LogP contribution >= 0.6 is 0 Å². The maximum atomic E-state index is 11.1. The molecule has 4 N–H and O–H groups in total. The minimum absolute atomic E-state index is 0.0452. The highest BCUT2D eigenvalue weighted by atomic mass is 16.3. The molecule has 1 aromatic carbocycles. The summed E-state index contributed by atoms with van der Waals surface area (Å²) < 4.78 is 0. The molecule has 0 saturated carbocycles. The van der Waals surface area contributed by atoms with Crippen molar-refractivity contribution in [2.24, 2.45) is 0 Å². The van der Waals surface area contributed by atoms with Crippen molar-refractivity contribution >= 4 is 5.91 Å². The van der Waals surface area contributed by atoms with Crippen molar-refractivity contribution in [2.45, 2.75) is 25.0 Å². The third-order valence-electron chi connectivity index (χ3n) is 2.81. The standard InChI is InChI=1S/C13H19NO4/c1-10(17)14-13(8-15,9-16)7-12(18)11-5-3-2-4-6-11/h2-6,12,15-16,18H,7-9H2,1H3,(H,14,17). The zero-order valence-corrected chi connectivity index (χ0v) is 10.3. The number of carbonyl (C=O) groups excluding carboxylic acids is 1. The fourth-order valence-corrected chi connectivity index (χ4v) is 1.85. The van der Waals surface area contributed by atoms with Crippen molar-refractivity contribution < 1.29 is 20.1 Å². The van der Waals surface area contributed by atoms with Crippen LogP contribution in [0.1, 0.15) is 25.0 Å². The third kappa shape index (κ3) is 3.80. The lowest BCUT2D eigenvalue weighted by molar-refractivity contribution is -0.122. The van der Waals surface area contributed by atoms with Crippen LogP contribution in [-0.4, -0.2) is 40.0 Å². The first-order valence-corrected chi connectivity index (χ1v) is 5.76. The molecule has 1 rings (SSSR count). The molecule has 0 spiro atoms. The summed E-state index contributed by atoms with van der Waals surface area (Å²) in [6.07, 6.45) is -0.818. The maximum absolute atomic E-state index is 11.1. The summed E-state index contributed by atoms with van der Waals surface area (Å²) in [6, 6.07) is 8.90. The average molecular weight is 253 g/mol. The van der Waals surface area contributed by atoms with E-state index >= 15 is 0 Å². The number of benzene rings is 1. The van der Waals surface area contributed by atoms with Gasteiger partial charge in [0.15, 0.2) is 0 Å². The van der Waals surface area contributed by atoms with Crippen LogP contribution in [0, 0.1) is 0 Å². The van der Waals surface area contributed by atoms with Gasteiger partial charge in [-0.2, -0.15) is 0 Å². The number of hydrogen-bond acceptors (Lipinski definition) is 4. The van der Waals surface area contributed by atoms with Crippen molar-refractivity contribution in [3.63, 3.8) is 0 Å². The average Bonchev–Trinajstić information content (AvgIpc) is 2.38. The van der Waals surface area contributed by atoms with Crippen LogP contribution in [0.3, 0.4) is 0 Å². The number of aliphatic hydroxyl groups excluding tert-OH is 3. The second kappa shape index (κ2) is 6.49. The van der Waals surface area contributed by atoms with Gasteiger partial charge < -0.3 is 20.6 Å². The number of amides is 1. The van der Waals surface area contributed by atoms with E-state index in [0.717, 1.165) is 0 Å². The Bertz CT molecular complexity index is 376. The van der Waals surface area contributed by atoms with Gasteiger partial charge in [-0.25, -0.2) is 0 Å². The first kappa shape index (κ1) is 14.6. The van der Waals surface area contributed by atoms with Crippen molar-refractivity contribution in [3.8, 4) is 0 Å². The van der Waals surface area contributed by atoms with E-state index in [0.29, 0.717) is 5.56 Å². The third-order valence-corrected chi connectivity index (χ3v) is 2.81. The van der Waals surface area contributed by atoms with Crippen molar-refractivity contribution in [3.05, 3.63) is 35.9 Å². The van der Waals surface area contributed by atoms with E-state index in [2.05, 4.69) is 5.32 Å². The van der Waals surface area contributed by atoms with Gasteiger partial charge in [-0.1, -0.05) is 30.3 Å². The Morgan fingerprint density at radius 1 is 1.28 bits per heavy atom. The summed E-state index contributed by atoms with van der Waals surface area (Å²) in [6.45, 7) is 0.426. The van der Waals surface area contributed by atoms with Gasteiger partial charge in [0.2, 0.25) is 5.91 Å². The Labute approximate surface area is 106 Å². The van der Waals surface area contributed by atoms with Crippen molar-refractivity contribution in [1.82, 2.24) is 5.32 Å². The Hall–Kier alpha value is -1.43. The van der Waals surface area contributed by atoms with Crippen LogP contribution in [0.25, 0.3) is 0 Å². The minimum Gasteiger partial charge on any atom is -0.394 e. The van der Waals surface area contributed by atoms with Crippen LogP contribution in [0.2, 0.25) is 0 Å². The van der Waals surface area contributed by atoms with Crippen molar-refractivity contribution in [2.75, 3.05) is 13.2 Å². The van der Waals surface area contributed by atoms with Gasteiger partial charge in [0.25, 0.3) is 0 Å². The van der Waals surface area contributed by atoms with E-state index in [1.54, 1.807) is 24.3 Å². The van der Waals surface area contributed by atoms with Crippen LogP contribution in [0.15, 0.2) is 30.3 Å². The Morgan fingerprint density at radius 3 is 2.28 bits per heavy atom. The molecule has 5 nitrogen and oxygen atoms in total. The quantitative estimate of drug-likeness (QED) is 0.573. The zero-order chi connectivity index (χ0) is 13.6. The number of aliphatic hydroxyl groups is 3. The summed E-state index contributed by atoms with van der Waals surface area (Å²) >= 11 is 0. The minimum atomic E-state index is -1.21. The fraction of sp³-hybridized carbons (Fsp3) is 0.462. The molecule has 0 bridgehead atoms. The molecule has 1 aromatic rings. The second-order valence-electron chi connectivity index (χ2n) is 4.41. The maximum Gasteiger partial charge on any atom is 0.217 e. The lowest BCUT2D eigenvalue weighted by Gasteiger charge is -2.32. The van der Waals surface area contributed by atoms with E-state index in [1.165, 1.54) is 6.92 Å². The predicted octanol–water partition coefficient (Wildman–Crippen LogP) is -0.0304. The first-order valence-electron chi connectivity index (χ1n) is 5.76. The normalized spacial score (nSPS) is 13.1. The van der Waals surface area contributed by atoms with Gasteiger partial charge in [0, 0.05) is 13.3 Å². The van der Waals surface area contributed by atoms with E-state index in [9.17, 15) is 20.1 Å². The molecule has 0 aromatic heterocycles. The number of hydrogen-bond donors (Lipinski definition) is 4. The number of nitrogens with one attached hydrogen (secondary N) is 1.